The molecule has 0 unspecified atom stereocenters. The Labute approximate surface area is 375 Å². The van der Waals surface area contributed by atoms with Gasteiger partial charge in [-0.15, -0.1) is 0 Å². The van der Waals surface area contributed by atoms with Gasteiger partial charge in [0.2, 0.25) is 0 Å². The molecule has 0 fully saturated rings. The molecule has 0 atom stereocenters. The smallest absolute Gasteiger partial charge is 0.0520 e. The average Bonchev–Trinajstić information content (AvgIpc) is 3.53. The maximum absolute atomic E-state index is 3.71. The highest BCUT2D eigenvalue weighted by Gasteiger charge is 2.33. The molecule has 8 rings (SSSR count). The van der Waals surface area contributed by atoms with Crippen LogP contribution in [0.5, 0.6) is 0 Å². The van der Waals surface area contributed by atoms with E-state index in [-0.39, 0.29) is 5.92 Å². The molecule has 304 valence electrons. The third-order valence-electron chi connectivity index (χ3n) is 12.2. The molecular weight excluding hydrogens is 860 g/mol. The Bertz CT molecular complexity index is 2490. The topological polar surface area (TPSA) is 6.48 Å². The lowest BCUT2D eigenvalue weighted by Gasteiger charge is -2.30. The van der Waals surface area contributed by atoms with Crippen molar-refractivity contribution in [3.8, 4) is 11.1 Å². The van der Waals surface area contributed by atoms with E-state index in [9.17, 15) is 0 Å². The Hall–Kier alpha value is -4.90. The second kappa shape index (κ2) is 17.6. The van der Waals surface area contributed by atoms with Crippen LogP contribution >= 0.6 is 31.9 Å². The van der Waals surface area contributed by atoms with Crippen molar-refractivity contribution < 1.29 is 0 Å². The monoisotopic (exact) mass is 914 g/mol. The lowest BCUT2D eigenvalue weighted by molar-refractivity contribution is 0.666. The summed E-state index contributed by atoms with van der Waals surface area (Å²) < 4.78 is 2.14. The highest BCUT2D eigenvalue weighted by atomic mass is 79.9. The van der Waals surface area contributed by atoms with Gasteiger partial charge >= 0.3 is 0 Å². The molecule has 60 heavy (non-hydrogen) atoms. The molecule has 0 saturated heterocycles. The number of halogens is 2. The molecule has 0 heterocycles. The molecule has 7 aromatic carbocycles. The summed E-state index contributed by atoms with van der Waals surface area (Å²) in [5.41, 5.74) is 24.1. The van der Waals surface area contributed by atoms with Crippen LogP contribution in [0.25, 0.3) is 11.1 Å². The molecule has 0 amide bonds. The van der Waals surface area contributed by atoms with E-state index in [4.69, 9.17) is 0 Å². The fourth-order valence-electron chi connectivity index (χ4n) is 9.88. The van der Waals surface area contributed by atoms with Crippen molar-refractivity contribution >= 4 is 66.0 Å². The minimum Gasteiger partial charge on any atom is -0.310 e. The van der Waals surface area contributed by atoms with Gasteiger partial charge in [0.05, 0.1) is 11.4 Å². The maximum atomic E-state index is 3.71. The largest absolute Gasteiger partial charge is 0.310 e. The maximum Gasteiger partial charge on any atom is 0.0520 e. The normalized spacial score (nSPS) is 12.1. The summed E-state index contributed by atoms with van der Waals surface area (Å²) in [4.78, 5) is 4.94. The van der Waals surface area contributed by atoms with Gasteiger partial charge in [0.25, 0.3) is 0 Å². The van der Waals surface area contributed by atoms with Crippen LogP contribution in [0, 0.1) is 48.5 Å². The van der Waals surface area contributed by atoms with Crippen LogP contribution in [0.1, 0.15) is 99.7 Å². The fourth-order valence-corrected chi connectivity index (χ4v) is 10.4. The number of hydrogen-bond donors (Lipinski definition) is 0. The zero-order chi connectivity index (χ0) is 42.2. The number of anilines is 6. The molecule has 0 saturated carbocycles. The van der Waals surface area contributed by atoms with Crippen LogP contribution < -0.4 is 9.80 Å². The van der Waals surface area contributed by atoms with E-state index < -0.39 is 0 Å². The zero-order valence-corrected chi connectivity index (χ0v) is 39.6. The summed E-state index contributed by atoms with van der Waals surface area (Å²) in [7, 11) is 0. The van der Waals surface area contributed by atoms with Crippen molar-refractivity contribution in [2.45, 2.75) is 93.4 Å². The van der Waals surface area contributed by atoms with Crippen molar-refractivity contribution in [3.05, 3.63) is 198 Å². The van der Waals surface area contributed by atoms with Gasteiger partial charge in [-0.1, -0.05) is 129 Å². The van der Waals surface area contributed by atoms with E-state index in [0.29, 0.717) is 0 Å². The number of benzene rings is 7. The molecule has 4 heteroatoms. The Morgan fingerprint density at radius 1 is 0.433 bits per heavy atom. The van der Waals surface area contributed by atoms with Gasteiger partial charge in [-0.2, -0.15) is 0 Å². The summed E-state index contributed by atoms with van der Waals surface area (Å²) in [6.45, 7) is 17.9. The Morgan fingerprint density at radius 2 is 0.850 bits per heavy atom. The lowest BCUT2D eigenvalue weighted by atomic mass is 9.86. The first-order valence-corrected chi connectivity index (χ1v) is 23.1. The van der Waals surface area contributed by atoms with Crippen LogP contribution in [-0.4, -0.2) is 0 Å². The molecule has 7 aromatic rings. The second-order valence-corrected chi connectivity index (χ2v) is 19.0. The number of nitrogens with zero attached hydrogens (tertiary/aromatic N) is 2. The van der Waals surface area contributed by atoms with E-state index >= 15 is 0 Å². The minimum absolute atomic E-state index is 0.0585. The molecule has 0 spiro atoms. The Kier molecular flexibility index (Phi) is 12.3. The summed E-state index contributed by atoms with van der Waals surface area (Å²) in [5.74, 6) is 0.0585. The molecule has 0 aromatic heterocycles. The third kappa shape index (κ3) is 8.39. The van der Waals surface area contributed by atoms with Crippen LogP contribution in [0.3, 0.4) is 0 Å². The minimum atomic E-state index is 0.0585. The molecule has 0 N–H and O–H groups in total. The predicted molar refractivity (Wildman–Crippen MR) is 265 cm³/mol. The standard InChI is InChI=1S/C56H56Br2N2/c1-9-10-11-12-13-42-30-37(4)31-43(32-42)54-52-33-48(59(46-18-14-44(57)15-19-46)55-38(5)26-35(2)27-39(55)6)22-24-50(52)51-25-23-49(34-53(51)54)60(47-20-16-45(58)17-21-47)56-40(7)28-36(3)29-41(56)8/h14-34,54H,9-13H2,1-8H3. The lowest BCUT2D eigenvalue weighted by Crippen LogP contribution is -2.14. The first-order chi connectivity index (χ1) is 28.9. The van der Waals surface area contributed by atoms with E-state index in [2.05, 4.69) is 224 Å². The van der Waals surface area contributed by atoms with Crippen LogP contribution in [-0.2, 0) is 6.42 Å². The number of fused-ring (bicyclic) bond motifs is 3. The van der Waals surface area contributed by atoms with Gasteiger partial charge in [0.1, 0.15) is 0 Å². The zero-order valence-electron chi connectivity index (χ0n) is 36.4. The molecular formula is C56H56Br2N2. The first-order valence-electron chi connectivity index (χ1n) is 21.6. The van der Waals surface area contributed by atoms with Crippen LogP contribution in [0.2, 0.25) is 0 Å². The quantitative estimate of drug-likeness (QED) is 0.113. The van der Waals surface area contributed by atoms with Crippen molar-refractivity contribution in [2.75, 3.05) is 9.80 Å². The summed E-state index contributed by atoms with van der Waals surface area (Å²) in [6, 6.07) is 48.6. The highest BCUT2D eigenvalue weighted by molar-refractivity contribution is 9.10. The van der Waals surface area contributed by atoms with Crippen molar-refractivity contribution in [1.82, 2.24) is 0 Å². The van der Waals surface area contributed by atoms with Gasteiger partial charge in [-0.05, 0) is 190 Å². The number of unbranched alkanes of at least 4 members (excludes halogenated alkanes) is 3. The Morgan fingerprint density at radius 3 is 1.28 bits per heavy atom. The van der Waals surface area contributed by atoms with E-state index in [1.54, 1.807) is 0 Å². The van der Waals surface area contributed by atoms with E-state index in [1.807, 2.05) is 0 Å². The highest BCUT2D eigenvalue weighted by Crippen LogP contribution is 2.53. The third-order valence-corrected chi connectivity index (χ3v) is 13.3. The van der Waals surface area contributed by atoms with E-state index in [1.165, 1.54) is 121 Å². The summed E-state index contributed by atoms with van der Waals surface area (Å²) in [6.07, 6.45) is 6.13. The average molecular weight is 917 g/mol. The van der Waals surface area contributed by atoms with Gasteiger partial charge < -0.3 is 9.80 Å². The SMILES string of the molecule is CCCCCCc1cc(C)cc(C2c3cc(N(c4ccc(Br)cc4)c4c(C)cc(C)cc4C)ccc3-c3ccc(N(c4ccc(Br)cc4)c4c(C)cc(C)cc4C)cc32)c1. The molecule has 0 radical (unpaired) electrons. The van der Waals surface area contributed by atoms with Gasteiger partial charge in [-0.25, -0.2) is 0 Å². The van der Waals surface area contributed by atoms with Crippen LogP contribution in [0.4, 0.5) is 34.1 Å². The molecule has 0 bridgehead atoms. The number of hydrogen-bond acceptors (Lipinski definition) is 2. The van der Waals surface area contributed by atoms with E-state index in [0.717, 1.165) is 26.7 Å². The summed E-state index contributed by atoms with van der Waals surface area (Å²) >= 11 is 7.41. The van der Waals surface area contributed by atoms with Crippen LogP contribution in [0.15, 0.2) is 136 Å². The Balaban J connectivity index is 1.35. The van der Waals surface area contributed by atoms with Gasteiger partial charge in [-0.3, -0.25) is 0 Å². The number of aryl methyl sites for hydroxylation is 8. The summed E-state index contributed by atoms with van der Waals surface area (Å²) in [5, 5.41) is 0. The predicted octanol–water partition coefficient (Wildman–Crippen LogP) is 17.6. The molecule has 1 aliphatic carbocycles. The second-order valence-electron chi connectivity index (χ2n) is 17.2. The molecule has 2 nitrogen and oxygen atoms in total. The van der Waals surface area contributed by atoms with Gasteiger partial charge in [0, 0.05) is 37.6 Å². The number of rotatable bonds is 12. The van der Waals surface area contributed by atoms with Gasteiger partial charge in [0.15, 0.2) is 0 Å². The molecule has 1 aliphatic rings. The van der Waals surface area contributed by atoms with Crippen molar-refractivity contribution in [2.24, 2.45) is 0 Å². The first kappa shape index (κ1) is 41.8. The van der Waals surface area contributed by atoms with Crippen molar-refractivity contribution in [3.63, 3.8) is 0 Å². The fraction of sp³-hybridized carbons (Fsp3) is 0.250. The van der Waals surface area contributed by atoms with Crippen molar-refractivity contribution in [1.29, 1.82) is 0 Å². The molecule has 0 aliphatic heterocycles.